The third kappa shape index (κ3) is 3.00. The van der Waals surface area contributed by atoms with Crippen LogP contribution >= 0.6 is 11.8 Å². The number of halogens is 1. The third-order valence-corrected chi connectivity index (χ3v) is 2.86. The quantitative estimate of drug-likeness (QED) is 0.763. The van der Waals surface area contributed by atoms with Gasteiger partial charge in [-0.3, -0.25) is 0 Å². The summed E-state index contributed by atoms with van der Waals surface area (Å²) in [5, 5.41) is 9.04. The van der Waals surface area contributed by atoms with Gasteiger partial charge in [-0.15, -0.1) is 11.8 Å². The van der Waals surface area contributed by atoms with Gasteiger partial charge in [0.05, 0.1) is 6.61 Å². The van der Waals surface area contributed by atoms with Gasteiger partial charge in [0.1, 0.15) is 5.82 Å². The van der Waals surface area contributed by atoms with Crippen LogP contribution in [0.5, 0.6) is 0 Å². The fourth-order valence-electron chi connectivity index (χ4n) is 1.12. The summed E-state index contributed by atoms with van der Waals surface area (Å²) in [4.78, 5) is 0.819. The first-order valence-electron chi connectivity index (χ1n) is 4.51. The van der Waals surface area contributed by atoms with Gasteiger partial charge in [0.2, 0.25) is 0 Å². The lowest BCUT2D eigenvalue weighted by molar-refractivity contribution is 0.272. The molecule has 0 aliphatic heterocycles. The molecule has 1 aromatic rings. The van der Waals surface area contributed by atoms with Crippen LogP contribution in [0.3, 0.4) is 0 Å². The molecule has 0 bridgehead atoms. The molecule has 78 valence electrons. The Balaban J connectivity index is 3.02. The monoisotopic (exact) mass is 214 g/mol. The molecule has 0 radical (unpaired) electrons. The molecule has 1 aromatic carbocycles. The molecule has 1 nitrogen and oxygen atoms in total. The maximum absolute atomic E-state index is 13.3. The zero-order valence-electron chi connectivity index (χ0n) is 8.67. The highest BCUT2D eigenvalue weighted by atomic mass is 32.2. The number of thioether (sulfide) groups is 1. The normalized spacial score (nSPS) is 11.8. The number of benzene rings is 1. The van der Waals surface area contributed by atoms with Crippen molar-refractivity contribution in [3.63, 3.8) is 0 Å². The van der Waals surface area contributed by atoms with E-state index >= 15 is 0 Å². The lowest BCUT2D eigenvalue weighted by Crippen LogP contribution is -2.08. The summed E-state index contributed by atoms with van der Waals surface area (Å²) in [7, 11) is 0. The lowest BCUT2D eigenvalue weighted by atomic mass is 10.2. The number of rotatable bonds is 2. The van der Waals surface area contributed by atoms with Crippen molar-refractivity contribution >= 4 is 11.8 Å². The van der Waals surface area contributed by atoms with Crippen LogP contribution in [0.25, 0.3) is 0 Å². The molecule has 0 heterocycles. The van der Waals surface area contributed by atoms with Crippen molar-refractivity contribution in [2.75, 3.05) is 0 Å². The average molecular weight is 214 g/mol. The van der Waals surface area contributed by atoms with Crippen LogP contribution in [0, 0.1) is 5.82 Å². The second-order valence-electron chi connectivity index (χ2n) is 4.09. The van der Waals surface area contributed by atoms with E-state index in [1.165, 1.54) is 6.07 Å². The highest BCUT2D eigenvalue weighted by molar-refractivity contribution is 8.00. The molecule has 0 atom stereocenters. The van der Waals surface area contributed by atoms with E-state index in [9.17, 15) is 4.39 Å². The number of aliphatic hydroxyl groups excluding tert-OH is 1. The second kappa shape index (κ2) is 4.32. The maximum Gasteiger partial charge on any atom is 0.129 e. The van der Waals surface area contributed by atoms with E-state index in [-0.39, 0.29) is 17.2 Å². The van der Waals surface area contributed by atoms with Gasteiger partial charge in [0, 0.05) is 15.2 Å². The summed E-state index contributed by atoms with van der Waals surface area (Å²) in [5.74, 6) is -0.332. The Morgan fingerprint density at radius 1 is 1.36 bits per heavy atom. The molecule has 0 aromatic heterocycles. The summed E-state index contributed by atoms with van der Waals surface area (Å²) in [6, 6.07) is 4.88. The largest absolute Gasteiger partial charge is 0.392 e. The highest BCUT2D eigenvalue weighted by Gasteiger charge is 2.16. The number of hydrogen-bond donors (Lipinski definition) is 1. The Bertz CT molecular complexity index is 318. The van der Waals surface area contributed by atoms with Crippen LogP contribution in [0.4, 0.5) is 4.39 Å². The van der Waals surface area contributed by atoms with E-state index in [0.717, 1.165) is 4.90 Å². The molecule has 0 spiro atoms. The van der Waals surface area contributed by atoms with Crippen LogP contribution in [0.2, 0.25) is 0 Å². The van der Waals surface area contributed by atoms with Gasteiger partial charge in [-0.25, -0.2) is 4.39 Å². The SMILES string of the molecule is CC(C)(C)Sc1cccc(F)c1CO. The van der Waals surface area contributed by atoms with Crippen molar-refractivity contribution in [2.24, 2.45) is 0 Å². The van der Waals surface area contributed by atoms with Crippen LogP contribution in [-0.2, 0) is 6.61 Å². The molecule has 3 heteroatoms. The van der Waals surface area contributed by atoms with E-state index in [1.54, 1.807) is 17.8 Å². The minimum absolute atomic E-state index is 0.0255. The Morgan fingerprint density at radius 3 is 2.50 bits per heavy atom. The van der Waals surface area contributed by atoms with Crippen molar-refractivity contribution < 1.29 is 9.50 Å². The fraction of sp³-hybridized carbons (Fsp3) is 0.455. The third-order valence-electron chi connectivity index (χ3n) is 1.65. The number of hydrogen-bond acceptors (Lipinski definition) is 2. The van der Waals surface area contributed by atoms with Gasteiger partial charge >= 0.3 is 0 Å². The topological polar surface area (TPSA) is 20.2 Å². The minimum atomic E-state index is -0.332. The van der Waals surface area contributed by atoms with Gasteiger partial charge < -0.3 is 5.11 Å². The zero-order chi connectivity index (χ0) is 10.8. The van der Waals surface area contributed by atoms with E-state index < -0.39 is 0 Å². The lowest BCUT2D eigenvalue weighted by Gasteiger charge is -2.19. The summed E-state index contributed by atoms with van der Waals surface area (Å²) in [6.45, 7) is 5.93. The standard InChI is InChI=1S/C11H15FOS/c1-11(2,3)14-10-6-4-5-9(12)8(10)7-13/h4-6,13H,7H2,1-3H3. The molecular formula is C11H15FOS. The van der Waals surface area contributed by atoms with Gasteiger partial charge in [-0.1, -0.05) is 26.8 Å². The summed E-state index contributed by atoms with van der Waals surface area (Å²) in [5.41, 5.74) is 0.396. The molecule has 0 aliphatic rings. The van der Waals surface area contributed by atoms with Gasteiger partial charge in [-0.2, -0.15) is 0 Å². The van der Waals surface area contributed by atoms with Crippen molar-refractivity contribution in [2.45, 2.75) is 37.0 Å². The Hall–Kier alpha value is -0.540. The first kappa shape index (κ1) is 11.5. The molecule has 1 N–H and O–H groups in total. The number of aliphatic hydroxyl groups is 1. The van der Waals surface area contributed by atoms with Crippen molar-refractivity contribution in [1.29, 1.82) is 0 Å². The highest BCUT2D eigenvalue weighted by Crippen LogP contribution is 2.34. The Kier molecular flexibility index (Phi) is 3.56. The van der Waals surface area contributed by atoms with Crippen LogP contribution in [-0.4, -0.2) is 9.85 Å². The predicted octanol–water partition coefficient (Wildman–Crippen LogP) is 3.21. The van der Waals surface area contributed by atoms with Crippen molar-refractivity contribution in [1.82, 2.24) is 0 Å². The molecule has 0 amide bonds. The predicted molar refractivity (Wildman–Crippen MR) is 57.9 cm³/mol. The Morgan fingerprint density at radius 2 is 2.00 bits per heavy atom. The first-order chi connectivity index (χ1) is 6.44. The Labute approximate surface area is 88.3 Å². The van der Waals surface area contributed by atoms with Gasteiger partial charge in [0.15, 0.2) is 0 Å². The molecule has 0 unspecified atom stereocenters. The fourth-order valence-corrected chi connectivity index (χ4v) is 2.21. The molecule has 0 saturated heterocycles. The van der Waals surface area contributed by atoms with E-state index in [2.05, 4.69) is 20.8 Å². The van der Waals surface area contributed by atoms with Crippen LogP contribution in [0.15, 0.2) is 23.1 Å². The first-order valence-corrected chi connectivity index (χ1v) is 5.33. The molecule has 0 aliphatic carbocycles. The van der Waals surface area contributed by atoms with Crippen LogP contribution < -0.4 is 0 Å². The average Bonchev–Trinajstić information content (AvgIpc) is 2.01. The summed E-state index contributed by atoms with van der Waals surface area (Å²) in [6.07, 6.45) is 0. The molecule has 1 rings (SSSR count). The van der Waals surface area contributed by atoms with Gasteiger partial charge in [-0.05, 0) is 12.1 Å². The molecule has 0 fully saturated rings. The maximum atomic E-state index is 13.3. The summed E-state index contributed by atoms with van der Waals surface area (Å²) >= 11 is 1.57. The zero-order valence-corrected chi connectivity index (χ0v) is 9.49. The van der Waals surface area contributed by atoms with Gasteiger partial charge in [0.25, 0.3) is 0 Å². The smallest absolute Gasteiger partial charge is 0.129 e. The minimum Gasteiger partial charge on any atom is -0.392 e. The molecule has 0 saturated carbocycles. The van der Waals surface area contributed by atoms with E-state index in [4.69, 9.17) is 5.11 Å². The van der Waals surface area contributed by atoms with E-state index in [0.29, 0.717) is 5.56 Å². The van der Waals surface area contributed by atoms with Crippen molar-refractivity contribution in [3.05, 3.63) is 29.6 Å². The second-order valence-corrected chi connectivity index (χ2v) is 5.96. The summed E-state index contributed by atoms with van der Waals surface area (Å²) < 4.78 is 13.3. The van der Waals surface area contributed by atoms with Crippen LogP contribution in [0.1, 0.15) is 26.3 Å². The molecule has 14 heavy (non-hydrogen) atoms. The molecular weight excluding hydrogens is 199 g/mol. The van der Waals surface area contributed by atoms with Crippen molar-refractivity contribution in [3.8, 4) is 0 Å². The van der Waals surface area contributed by atoms with E-state index in [1.807, 2.05) is 6.07 Å².